The van der Waals surface area contributed by atoms with Gasteiger partial charge in [-0.15, -0.1) is 0 Å². The maximum Gasteiger partial charge on any atom is 0.420 e. The zero-order valence-electron chi connectivity index (χ0n) is 20.8. The van der Waals surface area contributed by atoms with Crippen molar-refractivity contribution in [1.29, 1.82) is 0 Å². The summed E-state index contributed by atoms with van der Waals surface area (Å²) in [6, 6.07) is 17.8. The molecule has 0 saturated carbocycles. The molecule has 1 aliphatic heterocycles. The largest absolute Gasteiger partial charge is 0.443 e. The summed E-state index contributed by atoms with van der Waals surface area (Å²) in [5, 5.41) is 0. The van der Waals surface area contributed by atoms with Crippen LogP contribution in [0.5, 0.6) is 0 Å². The summed E-state index contributed by atoms with van der Waals surface area (Å²) in [6.45, 7) is 5.84. The van der Waals surface area contributed by atoms with Gasteiger partial charge in [0.25, 0.3) is 0 Å². The van der Waals surface area contributed by atoms with Crippen molar-refractivity contribution >= 4 is 45.1 Å². The number of fused-ring (bicyclic) bond motifs is 3. The molecule has 2 aromatic carbocycles. The third kappa shape index (κ3) is 4.89. The minimum atomic E-state index is -0.682. The van der Waals surface area contributed by atoms with E-state index in [1.165, 1.54) is 16.0 Å². The SMILES string of the molecule is CC(C)(C)OC(=O)N1c2ccc(Br)cc2N(C(=O)C2CCc3ccccc3CC2)Cc2cccnc21. The number of rotatable bonds is 1. The lowest BCUT2D eigenvalue weighted by atomic mass is 9.97. The predicted octanol–water partition coefficient (Wildman–Crippen LogP) is 6.96. The van der Waals surface area contributed by atoms with Crippen molar-refractivity contribution in [2.24, 2.45) is 5.92 Å². The summed E-state index contributed by atoms with van der Waals surface area (Å²) < 4.78 is 6.60. The Balaban J connectivity index is 1.56. The minimum Gasteiger partial charge on any atom is -0.443 e. The molecule has 0 saturated heterocycles. The predicted molar refractivity (Wildman–Crippen MR) is 145 cm³/mol. The van der Waals surface area contributed by atoms with E-state index in [-0.39, 0.29) is 11.8 Å². The van der Waals surface area contributed by atoms with Crippen LogP contribution in [0.1, 0.15) is 50.3 Å². The van der Waals surface area contributed by atoms with Gasteiger partial charge < -0.3 is 9.64 Å². The zero-order chi connectivity index (χ0) is 25.4. The summed E-state index contributed by atoms with van der Waals surface area (Å²) in [6.07, 6.45) is 4.50. The molecule has 186 valence electrons. The van der Waals surface area contributed by atoms with Crippen molar-refractivity contribution in [2.45, 2.75) is 58.6 Å². The number of hydrogen-bond donors (Lipinski definition) is 0. The Kier molecular flexibility index (Phi) is 6.60. The van der Waals surface area contributed by atoms with E-state index in [0.29, 0.717) is 23.7 Å². The van der Waals surface area contributed by atoms with Gasteiger partial charge in [0.2, 0.25) is 5.91 Å². The van der Waals surface area contributed by atoms with Crippen LogP contribution in [-0.2, 0) is 28.9 Å². The van der Waals surface area contributed by atoms with Gasteiger partial charge in [0.05, 0.1) is 17.9 Å². The quantitative estimate of drug-likeness (QED) is 0.309. The van der Waals surface area contributed by atoms with E-state index in [1.807, 2.05) is 56.0 Å². The third-order valence-electron chi connectivity index (χ3n) is 6.71. The molecule has 1 aliphatic carbocycles. The van der Waals surface area contributed by atoms with Gasteiger partial charge >= 0.3 is 6.09 Å². The van der Waals surface area contributed by atoms with Gasteiger partial charge in [-0.25, -0.2) is 14.7 Å². The lowest BCUT2D eigenvalue weighted by Crippen LogP contribution is -2.36. The molecule has 5 rings (SSSR count). The van der Waals surface area contributed by atoms with E-state index >= 15 is 0 Å². The van der Waals surface area contributed by atoms with Gasteiger partial charge in [-0.05, 0) is 81.8 Å². The average Bonchev–Trinajstić information content (AvgIpc) is 3.13. The van der Waals surface area contributed by atoms with Crippen molar-refractivity contribution in [3.8, 4) is 0 Å². The Hall–Kier alpha value is -3.19. The number of aryl methyl sites for hydroxylation is 2. The Morgan fingerprint density at radius 1 is 0.944 bits per heavy atom. The van der Waals surface area contributed by atoms with E-state index < -0.39 is 11.7 Å². The first-order chi connectivity index (χ1) is 17.2. The average molecular weight is 548 g/mol. The van der Waals surface area contributed by atoms with Crippen molar-refractivity contribution in [3.63, 3.8) is 0 Å². The molecule has 0 bridgehead atoms. The topological polar surface area (TPSA) is 62.7 Å². The molecule has 2 amide bonds. The molecular formula is C29H30BrN3O3. The highest BCUT2D eigenvalue weighted by atomic mass is 79.9. The summed E-state index contributed by atoms with van der Waals surface area (Å²) in [5.41, 5.74) is 4.02. The molecule has 0 spiro atoms. The molecule has 0 N–H and O–H groups in total. The van der Waals surface area contributed by atoms with E-state index in [4.69, 9.17) is 4.74 Å². The van der Waals surface area contributed by atoms with Crippen LogP contribution in [-0.4, -0.2) is 22.6 Å². The van der Waals surface area contributed by atoms with Gasteiger partial charge in [0.15, 0.2) is 0 Å². The number of benzene rings is 2. The van der Waals surface area contributed by atoms with Gasteiger partial charge in [-0.1, -0.05) is 46.3 Å². The Morgan fingerprint density at radius 2 is 1.61 bits per heavy atom. The monoisotopic (exact) mass is 547 g/mol. The molecular weight excluding hydrogens is 518 g/mol. The van der Waals surface area contributed by atoms with Crippen molar-refractivity contribution in [2.75, 3.05) is 9.80 Å². The minimum absolute atomic E-state index is 0.0722. The zero-order valence-corrected chi connectivity index (χ0v) is 22.4. The molecule has 2 heterocycles. The Morgan fingerprint density at radius 3 is 2.28 bits per heavy atom. The normalized spacial score (nSPS) is 15.8. The number of pyridine rings is 1. The summed E-state index contributed by atoms with van der Waals surface area (Å²) in [7, 11) is 0. The number of amides is 2. The van der Waals surface area contributed by atoms with Crippen LogP contribution in [0.25, 0.3) is 0 Å². The third-order valence-corrected chi connectivity index (χ3v) is 7.20. The van der Waals surface area contributed by atoms with Crippen LogP contribution in [0.15, 0.2) is 65.3 Å². The van der Waals surface area contributed by atoms with Gasteiger partial charge in [0.1, 0.15) is 11.4 Å². The fourth-order valence-corrected chi connectivity index (χ4v) is 5.38. The number of halogens is 1. The van der Waals surface area contributed by atoms with Crippen molar-refractivity contribution < 1.29 is 14.3 Å². The van der Waals surface area contributed by atoms with E-state index in [0.717, 1.165) is 35.7 Å². The first-order valence-corrected chi connectivity index (χ1v) is 13.2. The molecule has 36 heavy (non-hydrogen) atoms. The first kappa shape index (κ1) is 24.5. The smallest absolute Gasteiger partial charge is 0.420 e. The molecule has 1 aromatic heterocycles. The van der Waals surface area contributed by atoms with E-state index in [1.54, 1.807) is 6.20 Å². The van der Waals surface area contributed by atoms with Crippen molar-refractivity contribution in [3.05, 3.63) is 82.0 Å². The first-order valence-electron chi connectivity index (χ1n) is 12.4. The highest BCUT2D eigenvalue weighted by Crippen LogP contribution is 2.43. The van der Waals surface area contributed by atoms with Crippen LogP contribution in [0.4, 0.5) is 22.0 Å². The number of aromatic nitrogens is 1. The van der Waals surface area contributed by atoms with Gasteiger partial charge in [-0.3, -0.25) is 4.79 Å². The number of carbonyl (C=O) groups is 2. The van der Waals surface area contributed by atoms with E-state index in [9.17, 15) is 9.59 Å². The van der Waals surface area contributed by atoms with Crippen LogP contribution < -0.4 is 9.80 Å². The fraction of sp³-hybridized carbons (Fsp3) is 0.345. The molecule has 0 atom stereocenters. The van der Waals surface area contributed by atoms with Crippen LogP contribution in [0.3, 0.4) is 0 Å². The van der Waals surface area contributed by atoms with Gasteiger partial charge in [-0.2, -0.15) is 0 Å². The molecule has 3 aromatic rings. The number of anilines is 3. The molecule has 6 nitrogen and oxygen atoms in total. The standard InChI is InChI=1S/C29H30BrN3O3/c1-29(2,3)36-28(35)33-24-15-14-23(30)17-25(24)32(18-22-9-6-16-31-26(22)33)27(34)21-12-10-19-7-4-5-8-20(19)11-13-21/h4-9,14-17,21H,10-13,18H2,1-3H3. The maximum absolute atomic E-state index is 14.2. The van der Waals surface area contributed by atoms with Crippen LogP contribution in [0, 0.1) is 5.92 Å². The highest BCUT2D eigenvalue weighted by Gasteiger charge is 2.37. The number of carbonyl (C=O) groups excluding carboxylic acids is 2. The Bertz CT molecular complexity index is 1290. The second kappa shape index (κ2) is 9.69. The van der Waals surface area contributed by atoms with E-state index in [2.05, 4.69) is 45.2 Å². The highest BCUT2D eigenvalue weighted by molar-refractivity contribution is 9.10. The molecule has 0 unspecified atom stereocenters. The van der Waals surface area contributed by atoms with Crippen molar-refractivity contribution in [1.82, 2.24) is 4.98 Å². The molecule has 0 radical (unpaired) electrons. The molecule has 7 heteroatoms. The number of ether oxygens (including phenoxy) is 1. The number of nitrogens with zero attached hydrogens (tertiary/aromatic N) is 3. The fourth-order valence-electron chi connectivity index (χ4n) is 5.03. The lowest BCUT2D eigenvalue weighted by Gasteiger charge is -2.29. The Labute approximate surface area is 220 Å². The molecule has 2 aliphatic rings. The number of hydrogen-bond acceptors (Lipinski definition) is 4. The summed E-state index contributed by atoms with van der Waals surface area (Å²) in [4.78, 5) is 35.5. The van der Waals surface area contributed by atoms with Crippen LogP contribution >= 0.6 is 15.9 Å². The summed E-state index contributed by atoms with van der Waals surface area (Å²) >= 11 is 3.57. The van der Waals surface area contributed by atoms with Gasteiger partial charge in [0, 0.05) is 22.2 Å². The lowest BCUT2D eigenvalue weighted by molar-refractivity contribution is -0.122. The maximum atomic E-state index is 14.2. The summed E-state index contributed by atoms with van der Waals surface area (Å²) in [5.74, 6) is 0.444. The second-order valence-electron chi connectivity index (χ2n) is 10.4. The second-order valence-corrected chi connectivity index (χ2v) is 11.3. The molecule has 0 fully saturated rings. The van der Waals surface area contributed by atoms with Crippen LogP contribution in [0.2, 0.25) is 0 Å².